The predicted octanol–water partition coefficient (Wildman–Crippen LogP) is 5.56. The van der Waals surface area contributed by atoms with Crippen LogP contribution in [-0.2, 0) is 0 Å². The van der Waals surface area contributed by atoms with Crippen molar-refractivity contribution >= 4 is 22.6 Å². The van der Waals surface area contributed by atoms with Crippen LogP contribution in [0.4, 0.5) is 0 Å². The minimum atomic E-state index is 0.680. The molecule has 2 aromatic carbocycles. The Kier molecular flexibility index (Phi) is 4.97. The van der Waals surface area contributed by atoms with Crippen LogP contribution in [0.2, 0.25) is 0 Å². The van der Waals surface area contributed by atoms with Crippen molar-refractivity contribution in [2.45, 2.75) is 6.92 Å². The molecule has 0 unspecified atom stereocenters. The van der Waals surface area contributed by atoms with Crippen molar-refractivity contribution < 1.29 is 0 Å². The fourth-order valence-corrected chi connectivity index (χ4v) is 2.70. The molecule has 1 aromatic heterocycles. The average molecular weight is 312 g/mol. The molecule has 1 heterocycles. The molecule has 0 fully saturated rings. The first-order chi connectivity index (χ1) is 11.8. The molecule has 0 spiro atoms. The van der Waals surface area contributed by atoms with Crippen molar-refractivity contribution in [3.63, 3.8) is 0 Å². The van der Waals surface area contributed by atoms with Gasteiger partial charge in [0.1, 0.15) is 0 Å². The number of hydrogen-bond acceptors (Lipinski definition) is 2. The number of hydrogen-bond donors (Lipinski definition) is 0. The summed E-state index contributed by atoms with van der Waals surface area (Å²) in [6, 6.07) is 18.7. The fraction of sp³-hybridized carbons (Fsp3) is 0.0909. The zero-order valence-corrected chi connectivity index (χ0v) is 13.8. The summed E-state index contributed by atoms with van der Waals surface area (Å²) < 4.78 is 0. The number of rotatable bonds is 5. The molecule has 118 valence electrons. The van der Waals surface area contributed by atoms with Crippen molar-refractivity contribution in [3.05, 3.63) is 85.1 Å². The molecule has 0 saturated heterocycles. The number of fused-ring (bicyclic) bond motifs is 1. The van der Waals surface area contributed by atoms with E-state index >= 15 is 0 Å². The van der Waals surface area contributed by atoms with Crippen LogP contribution < -0.4 is 0 Å². The Labute approximate surface area is 142 Å². The standard InChI is InChI=1S/C22H20N2/c1-3-23-14-7-8-17(2)20-10-6-9-18-12-13-19(16-21(18)20)22-11-4-5-15-24-22/h3-13,15-16H,2,14H2,1H3. The Bertz CT molecular complexity index is 906. The smallest absolute Gasteiger partial charge is 0.0702 e. The van der Waals surface area contributed by atoms with Crippen molar-refractivity contribution in [1.82, 2.24) is 4.98 Å². The molecule has 0 amide bonds. The normalized spacial score (nSPS) is 11.5. The summed E-state index contributed by atoms with van der Waals surface area (Å²) >= 11 is 0. The maximum Gasteiger partial charge on any atom is 0.0702 e. The molecular weight excluding hydrogens is 292 g/mol. The summed E-state index contributed by atoms with van der Waals surface area (Å²) in [5.41, 5.74) is 4.22. The molecule has 24 heavy (non-hydrogen) atoms. The topological polar surface area (TPSA) is 25.2 Å². The van der Waals surface area contributed by atoms with Crippen molar-refractivity contribution in [2.75, 3.05) is 6.54 Å². The SMILES string of the molecule is C=C(C=CCN=CC)c1cccc2ccc(-c3ccccn3)cc12. The molecule has 0 aliphatic rings. The van der Waals surface area contributed by atoms with Crippen LogP contribution in [0.25, 0.3) is 27.6 Å². The minimum absolute atomic E-state index is 0.680. The van der Waals surface area contributed by atoms with Gasteiger partial charge in [-0.1, -0.05) is 55.1 Å². The minimum Gasteiger partial charge on any atom is -0.294 e. The number of pyridine rings is 1. The van der Waals surface area contributed by atoms with Gasteiger partial charge in [-0.2, -0.15) is 0 Å². The monoisotopic (exact) mass is 312 g/mol. The van der Waals surface area contributed by atoms with Gasteiger partial charge in [-0.25, -0.2) is 0 Å². The van der Waals surface area contributed by atoms with Crippen LogP contribution in [0, 0.1) is 0 Å². The van der Waals surface area contributed by atoms with Gasteiger partial charge in [-0.3, -0.25) is 9.98 Å². The van der Waals surface area contributed by atoms with Crippen LogP contribution in [0.15, 0.2) is 84.5 Å². The lowest BCUT2D eigenvalue weighted by Gasteiger charge is -2.09. The van der Waals surface area contributed by atoms with Crippen molar-refractivity contribution in [3.8, 4) is 11.3 Å². The number of nitrogens with zero attached hydrogens (tertiary/aromatic N) is 2. The molecule has 0 atom stereocenters. The average Bonchev–Trinajstić information content (AvgIpc) is 2.65. The van der Waals surface area contributed by atoms with Crippen LogP contribution in [0.3, 0.4) is 0 Å². The zero-order chi connectivity index (χ0) is 16.8. The maximum atomic E-state index is 4.45. The highest BCUT2D eigenvalue weighted by Gasteiger charge is 2.05. The lowest BCUT2D eigenvalue weighted by atomic mass is 9.96. The van der Waals surface area contributed by atoms with Crippen LogP contribution in [0.1, 0.15) is 12.5 Å². The van der Waals surface area contributed by atoms with Gasteiger partial charge in [0.25, 0.3) is 0 Å². The summed E-state index contributed by atoms with van der Waals surface area (Å²) in [6.07, 6.45) is 7.70. The highest BCUT2D eigenvalue weighted by Crippen LogP contribution is 2.29. The molecule has 2 heteroatoms. The third-order valence-corrected chi connectivity index (χ3v) is 3.90. The lowest BCUT2D eigenvalue weighted by Crippen LogP contribution is -1.87. The first kappa shape index (κ1) is 15.9. The highest BCUT2D eigenvalue weighted by molar-refractivity contribution is 5.97. The van der Waals surface area contributed by atoms with Gasteiger partial charge in [-0.15, -0.1) is 0 Å². The summed E-state index contributed by atoms with van der Waals surface area (Å²) in [7, 11) is 0. The van der Waals surface area contributed by atoms with E-state index in [1.54, 1.807) is 0 Å². The third kappa shape index (κ3) is 3.49. The summed E-state index contributed by atoms with van der Waals surface area (Å²) in [5, 5.41) is 2.39. The van der Waals surface area contributed by atoms with Gasteiger partial charge in [0.15, 0.2) is 0 Å². The van der Waals surface area contributed by atoms with Gasteiger partial charge in [0.2, 0.25) is 0 Å². The van der Waals surface area contributed by atoms with Gasteiger partial charge >= 0.3 is 0 Å². The summed E-state index contributed by atoms with van der Waals surface area (Å²) in [6.45, 7) is 6.82. The second-order valence-corrected chi connectivity index (χ2v) is 5.51. The largest absolute Gasteiger partial charge is 0.294 e. The Morgan fingerprint density at radius 3 is 2.83 bits per heavy atom. The molecule has 0 N–H and O–H groups in total. The molecular formula is C22H20N2. The Morgan fingerprint density at radius 1 is 1.12 bits per heavy atom. The van der Waals surface area contributed by atoms with Gasteiger partial charge in [-0.05, 0) is 53.2 Å². The lowest BCUT2D eigenvalue weighted by molar-refractivity contribution is 1.25. The highest BCUT2D eigenvalue weighted by atomic mass is 14.7. The Morgan fingerprint density at radius 2 is 2.04 bits per heavy atom. The van der Waals surface area contributed by atoms with E-state index in [2.05, 4.69) is 53.0 Å². The van der Waals surface area contributed by atoms with Crippen LogP contribution in [-0.4, -0.2) is 17.7 Å². The quantitative estimate of drug-likeness (QED) is 0.447. The zero-order valence-electron chi connectivity index (χ0n) is 13.8. The van der Waals surface area contributed by atoms with Crippen LogP contribution >= 0.6 is 0 Å². The molecule has 3 rings (SSSR count). The van der Waals surface area contributed by atoms with Gasteiger partial charge in [0, 0.05) is 11.8 Å². The molecule has 0 radical (unpaired) electrons. The number of benzene rings is 2. The first-order valence-electron chi connectivity index (χ1n) is 8.04. The number of aliphatic imine (C=N–C) groups is 1. The fourth-order valence-electron chi connectivity index (χ4n) is 2.70. The maximum absolute atomic E-state index is 4.45. The first-order valence-corrected chi connectivity index (χ1v) is 8.04. The molecule has 3 aromatic rings. The van der Waals surface area contributed by atoms with E-state index in [1.807, 2.05) is 49.7 Å². The van der Waals surface area contributed by atoms with E-state index in [-0.39, 0.29) is 0 Å². The molecule has 0 bridgehead atoms. The second kappa shape index (κ2) is 7.51. The van der Waals surface area contributed by atoms with Crippen LogP contribution in [0.5, 0.6) is 0 Å². The Balaban J connectivity index is 2.02. The van der Waals surface area contributed by atoms with Gasteiger partial charge < -0.3 is 0 Å². The van der Waals surface area contributed by atoms with Crippen molar-refractivity contribution in [1.29, 1.82) is 0 Å². The third-order valence-electron chi connectivity index (χ3n) is 3.90. The molecule has 0 saturated carbocycles. The van der Waals surface area contributed by atoms with E-state index in [1.165, 1.54) is 10.8 Å². The van der Waals surface area contributed by atoms with E-state index < -0.39 is 0 Å². The van der Waals surface area contributed by atoms with E-state index in [9.17, 15) is 0 Å². The van der Waals surface area contributed by atoms with E-state index in [0.717, 1.165) is 22.4 Å². The number of allylic oxidation sites excluding steroid dienone is 2. The summed E-state index contributed by atoms with van der Waals surface area (Å²) in [4.78, 5) is 8.64. The molecule has 0 aliphatic carbocycles. The number of aromatic nitrogens is 1. The van der Waals surface area contributed by atoms with E-state index in [0.29, 0.717) is 6.54 Å². The van der Waals surface area contributed by atoms with Crippen molar-refractivity contribution in [2.24, 2.45) is 4.99 Å². The van der Waals surface area contributed by atoms with E-state index in [4.69, 9.17) is 0 Å². The molecule has 2 nitrogen and oxygen atoms in total. The molecule has 0 aliphatic heterocycles. The van der Waals surface area contributed by atoms with Gasteiger partial charge in [0.05, 0.1) is 12.2 Å². The summed E-state index contributed by atoms with van der Waals surface area (Å²) in [5.74, 6) is 0. The Hall–Kier alpha value is -3.00. The predicted molar refractivity (Wildman–Crippen MR) is 104 cm³/mol. The second-order valence-electron chi connectivity index (χ2n) is 5.51.